The van der Waals surface area contributed by atoms with Gasteiger partial charge in [0, 0.05) is 6.61 Å². The summed E-state index contributed by atoms with van der Waals surface area (Å²) in [6.45, 7) is 7.03. The number of likely N-dealkylation sites (N-methyl/N-ethyl adjacent to an activating group) is 1. The fourth-order valence-electron chi connectivity index (χ4n) is 2.39. The van der Waals surface area contributed by atoms with E-state index in [0.29, 0.717) is 6.04 Å². The summed E-state index contributed by atoms with van der Waals surface area (Å²) < 4.78 is 5.85. The first-order chi connectivity index (χ1) is 9.88. The standard InChI is InChI=1S/C18H31NO/c1-3-5-6-7-8-12-15-20-16-18(19-4-2)17-13-10-9-11-14-17/h9-11,13-14,18-19H,3-8,12,15-16H2,1-2H3. The summed E-state index contributed by atoms with van der Waals surface area (Å²) >= 11 is 0. The highest BCUT2D eigenvalue weighted by atomic mass is 16.5. The van der Waals surface area contributed by atoms with Crippen LogP contribution in [0.5, 0.6) is 0 Å². The Labute approximate surface area is 124 Å². The van der Waals surface area contributed by atoms with Gasteiger partial charge in [0.1, 0.15) is 0 Å². The van der Waals surface area contributed by atoms with Gasteiger partial charge in [0.05, 0.1) is 12.6 Å². The van der Waals surface area contributed by atoms with Gasteiger partial charge < -0.3 is 10.1 Å². The lowest BCUT2D eigenvalue weighted by atomic mass is 10.1. The molecule has 1 rings (SSSR count). The molecular formula is C18H31NO. The van der Waals surface area contributed by atoms with Crippen LogP contribution in [0.3, 0.4) is 0 Å². The Morgan fingerprint density at radius 2 is 1.65 bits per heavy atom. The van der Waals surface area contributed by atoms with Gasteiger partial charge in [-0.3, -0.25) is 0 Å². The van der Waals surface area contributed by atoms with Crippen LogP contribution in [0.25, 0.3) is 0 Å². The Hall–Kier alpha value is -0.860. The van der Waals surface area contributed by atoms with Gasteiger partial charge in [0.2, 0.25) is 0 Å². The van der Waals surface area contributed by atoms with Gasteiger partial charge in [-0.25, -0.2) is 0 Å². The molecule has 1 N–H and O–H groups in total. The van der Waals surface area contributed by atoms with Crippen molar-refractivity contribution in [3.63, 3.8) is 0 Å². The second-order valence-electron chi connectivity index (χ2n) is 5.36. The smallest absolute Gasteiger partial charge is 0.0661 e. The first kappa shape index (κ1) is 17.2. The highest BCUT2D eigenvalue weighted by Gasteiger charge is 2.09. The number of rotatable bonds is 12. The van der Waals surface area contributed by atoms with Crippen molar-refractivity contribution in [1.82, 2.24) is 5.32 Å². The number of ether oxygens (including phenoxy) is 1. The third-order valence-corrected chi connectivity index (χ3v) is 3.58. The molecule has 0 aromatic heterocycles. The first-order valence-corrected chi connectivity index (χ1v) is 8.24. The molecule has 1 aromatic carbocycles. The Morgan fingerprint density at radius 1 is 0.950 bits per heavy atom. The molecule has 0 saturated carbocycles. The quantitative estimate of drug-likeness (QED) is 0.558. The molecule has 114 valence electrons. The summed E-state index contributed by atoms with van der Waals surface area (Å²) in [6, 6.07) is 10.9. The van der Waals surface area contributed by atoms with E-state index in [4.69, 9.17) is 4.74 Å². The van der Waals surface area contributed by atoms with Gasteiger partial charge in [-0.2, -0.15) is 0 Å². The minimum Gasteiger partial charge on any atom is -0.379 e. The molecule has 1 atom stereocenters. The van der Waals surface area contributed by atoms with Crippen LogP contribution >= 0.6 is 0 Å². The van der Waals surface area contributed by atoms with Crippen LogP contribution in [0.4, 0.5) is 0 Å². The Balaban J connectivity index is 2.14. The minimum atomic E-state index is 0.321. The van der Waals surface area contributed by atoms with E-state index in [9.17, 15) is 0 Å². The van der Waals surface area contributed by atoms with Crippen LogP contribution in [0.1, 0.15) is 64.0 Å². The second-order valence-corrected chi connectivity index (χ2v) is 5.36. The molecule has 1 unspecified atom stereocenters. The van der Waals surface area contributed by atoms with E-state index in [1.165, 1.54) is 44.1 Å². The molecule has 0 aliphatic heterocycles. The van der Waals surface area contributed by atoms with E-state index in [1.54, 1.807) is 0 Å². The van der Waals surface area contributed by atoms with Crippen molar-refractivity contribution in [2.45, 2.75) is 58.4 Å². The predicted octanol–water partition coefficient (Wildman–Crippen LogP) is 4.71. The summed E-state index contributed by atoms with van der Waals surface area (Å²) in [5, 5.41) is 3.49. The third-order valence-electron chi connectivity index (χ3n) is 3.58. The molecule has 0 bridgehead atoms. The summed E-state index contributed by atoms with van der Waals surface area (Å²) in [6.07, 6.45) is 7.91. The molecular weight excluding hydrogens is 246 g/mol. The molecule has 2 heteroatoms. The van der Waals surface area contributed by atoms with Gasteiger partial charge in [-0.15, -0.1) is 0 Å². The van der Waals surface area contributed by atoms with Crippen LogP contribution in [0.15, 0.2) is 30.3 Å². The minimum absolute atomic E-state index is 0.321. The lowest BCUT2D eigenvalue weighted by molar-refractivity contribution is 0.108. The van der Waals surface area contributed by atoms with Crippen molar-refractivity contribution in [2.24, 2.45) is 0 Å². The third kappa shape index (κ3) is 7.66. The zero-order valence-corrected chi connectivity index (χ0v) is 13.2. The molecule has 0 heterocycles. The van der Waals surface area contributed by atoms with Crippen LogP contribution in [0, 0.1) is 0 Å². The molecule has 1 aromatic rings. The van der Waals surface area contributed by atoms with Crippen LogP contribution < -0.4 is 5.32 Å². The second kappa shape index (κ2) is 11.9. The molecule has 0 spiro atoms. The number of hydrogen-bond donors (Lipinski definition) is 1. The van der Waals surface area contributed by atoms with E-state index < -0.39 is 0 Å². The van der Waals surface area contributed by atoms with Gasteiger partial charge in [0.25, 0.3) is 0 Å². The highest BCUT2D eigenvalue weighted by molar-refractivity contribution is 5.18. The summed E-state index contributed by atoms with van der Waals surface area (Å²) in [5.41, 5.74) is 1.32. The molecule has 20 heavy (non-hydrogen) atoms. The SMILES string of the molecule is CCCCCCCCOCC(NCC)c1ccccc1. The summed E-state index contributed by atoms with van der Waals surface area (Å²) in [5.74, 6) is 0. The Bertz CT molecular complexity index is 312. The summed E-state index contributed by atoms with van der Waals surface area (Å²) in [7, 11) is 0. The monoisotopic (exact) mass is 277 g/mol. The molecule has 0 aliphatic rings. The van der Waals surface area contributed by atoms with Gasteiger partial charge in [-0.05, 0) is 18.5 Å². The maximum Gasteiger partial charge on any atom is 0.0661 e. The van der Waals surface area contributed by atoms with Crippen molar-refractivity contribution < 1.29 is 4.74 Å². The topological polar surface area (TPSA) is 21.3 Å². The van der Waals surface area contributed by atoms with Crippen LogP contribution in [-0.4, -0.2) is 19.8 Å². The van der Waals surface area contributed by atoms with Crippen molar-refractivity contribution >= 4 is 0 Å². The van der Waals surface area contributed by atoms with Gasteiger partial charge >= 0.3 is 0 Å². The average molecular weight is 277 g/mol. The van der Waals surface area contributed by atoms with E-state index in [2.05, 4.69) is 49.5 Å². The average Bonchev–Trinajstić information content (AvgIpc) is 2.50. The highest BCUT2D eigenvalue weighted by Crippen LogP contribution is 2.13. The lowest BCUT2D eigenvalue weighted by Gasteiger charge is -2.18. The molecule has 0 radical (unpaired) electrons. The largest absolute Gasteiger partial charge is 0.379 e. The van der Waals surface area contributed by atoms with Crippen molar-refractivity contribution in [2.75, 3.05) is 19.8 Å². The number of unbranched alkanes of at least 4 members (excludes halogenated alkanes) is 5. The molecule has 0 amide bonds. The van der Waals surface area contributed by atoms with Crippen molar-refractivity contribution in [3.05, 3.63) is 35.9 Å². The molecule has 2 nitrogen and oxygen atoms in total. The van der Waals surface area contributed by atoms with Crippen molar-refractivity contribution in [1.29, 1.82) is 0 Å². The Kier molecular flexibility index (Phi) is 10.3. The lowest BCUT2D eigenvalue weighted by Crippen LogP contribution is -2.25. The van der Waals surface area contributed by atoms with Crippen LogP contribution in [-0.2, 0) is 4.74 Å². The number of benzene rings is 1. The maximum atomic E-state index is 5.85. The fourth-order valence-corrected chi connectivity index (χ4v) is 2.39. The summed E-state index contributed by atoms with van der Waals surface area (Å²) in [4.78, 5) is 0. The molecule has 0 fully saturated rings. The van der Waals surface area contributed by atoms with Gasteiger partial charge in [-0.1, -0.05) is 76.3 Å². The van der Waals surface area contributed by atoms with E-state index in [0.717, 1.165) is 19.8 Å². The van der Waals surface area contributed by atoms with Crippen molar-refractivity contribution in [3.8, 4) is 0 Å². The molecule has 0 aliphatic carbocycles. The normalized spacial score (nSPS) is 12.5. The zero-order valence-electron chi connectivity index (χ0n) is 13.2. The molecule has 0 saturated heterocycles. The first-order valence-electron chi connectivity index (χ1n) is 8.24. The maximum absolute atomic E-state index is 5.85. The van der Waals surface area contributed by atoms with E-state index in [-0.39, 0.29) is 0 Å². The number of hydrogen-bond acceptors (Lipinski definition) is 2. The van der Waals surface area contributed by atoms with Crippen LogP contribution in [0.2, 0.25) is 0 Å². The predicted molar refractivity (Wildman–Crippen MR) is 87.1 cm³/mol. The fraction of sp³-hybridized carbons (Fsp3) is 0.667. The van der Waals surface area contributed by atoms with E-state index in [1.807, 2.05) is 0 Å². The zero-order chi connectivity index (χ0) is 14.5. The van der Waals surface area contributed by atoms with E-state index >= 15 is 0 Å². The number of nitrogens with one attached hydrogen (secondary N) is 1. The Morgan fingerprint density at radius 3 is 2.35 bits per heavy atom. The van der Waals surface area contributed by atoms with Gasteiger partial charge in [0.15, 0.2) is 0 Å².